The number of anilines is 1. The molecule has 1 saturated heterocycles. The Bertz CT molecular complexity index is 818. The molecule has 24 heavy (non-hydrogen) atoms. The van der Waals surface area contributed by atoms with Gasteiger partial charge in [0.15, 0.2) is 0 Å². The summed E-state index contributed by atoms with van der Waals surface area (Å²) in [7, 11) is 4.00. The number of pyridine rings is 1. The van der Waals surface area contributed by atoms with Gasteiger partial charge in [-0.2, -0.15) is 10.1 Å². The lowest BCUT2D eigenvalue weighted by Gasteiger charge is -2.31. The van der Waals surface area contributed by atoms with Crippen molar-refractivity contribution in [2.45, 2.75) is 0 Å². The molecule has 0 saturated carbocycles. The second-order valence-corrected chi connectivity index (χ2v) is 5.99. The summed E-state index contributed by atoms with van der Waals surface area (Å²) in [6.07, 6.45) is 5.39. The van der Waals surface area contributed by atoms with E-state index in [2.05, 4.69) is 37.1 Å². The van der Waals surface area contributed by atoms with E-state index in [0.717, 1.165) is 43.0 Å². The van der Waals surface area contributed by atoms with E-state index in [1.165, 1.54) is 0 Å². The van der Waals surface area contributed by atoms with E-state index in [0.29, 0.717) is 11.8 Å². The monoisotopic (exact) mass is 325 g/mol. The predicted octanol–water partition coefficient (Wildman–Crippen LogP) is 1.28. The topological polar surface area (TPSA) is 76.1 Å². The highest BCUT2D eigenvalue weighted by molar-refractivity contribution is 5.76. The summed E-state index contributed by atoms with van der Waals surface area (Å²) in [5, 5.41) is 8.69. The van der Waals surface area contributed by atoms with E-state index in [9.17, 15) is 0 Å². The summed E-state index contributed by atoms with van der Waals surface area (Å²) in [5.41, 5.74) is 2.62. The molecular weight excluding hydrogens is 306 g/mol. The number of aryl methyl sites for hydroxylation is 1. The van der Waals surface area contributed by atoms with Crippen LogP contribution in [-0.4, -0.2) is 63.0 Å². The predicted molar refractivity (Wildman–Crippen MR) is 89.4 cm³/mol. The highest BCUT2D eigenvalue weighted by Crippen LogP contribution is 2.30. The molecule has 3 aromatic rings. The normalized spacial score (nSPS) is 15.8. The molecule has 0 atom stereocenters. The van der Waals surface area contributed by atoms with E-state index in [4.69, 9.17) is 4.52 Å². The first-order chi connectivity index (χ1) is 11.7. The van der Waals surface area contributed by atoms with Crippen molar-refractivity contribution < 1.29 is 4.52 Å². The van der Waals surface area contributed by atoms with Crippen LogP contribution in [0.25, 0.3) is 22.7 Å². The van der Waals surface area contributed by atoms with Crippen molar-refractivity contribution in [1.29, 1.82) is 0 Å². The van der Waals surface area contributed by atoms with E-state index in [1.807, 2.05) is 25.4 Å². The van der Waals surface area contributed by atoms with Gasteiger partial charge in [0.25, 0.3) is 11.8 Å². The van der Waals surface area contributed by atoms with Crippen LogP contribution in [0.2, 0.25) is 0 Å². The third-order valence-corrected chi connectivity index (χ3v) is 4.21. The lowest BCUT2D eigenvalue weighted by atomic mass is 10.1. The summed E-state index contributed by atoms with van der Waals surface area (Å²) in [6.45, 7) is 3.80. The molecule has 124 valence electrons. The summed E-state index contributed by atoms with van der Waals surface area (Å²) in [5.74, 6) is 1.13. The van der Waals surface area contributed by atoms with Gasteiger partial charge in [0.1, 0.15) is 5.69 Å². The van der Waals surface area contributed by atoms with Crippen molar-refractivity contribution in [3.63, 3.8) is 0 Å². The minimum Gasteiger partial charge on any atom is -0.336 e. The van der Waals surface area contributed by atoms with Gasteiger partial charge in [-0.1, -0.05) is 0 Å². The van der Waals surface area contributed by atoms with Crippen molar-refractivity contribution in [1.82, 2.24) is 29.8 Å². The van der Waals surface area contributed by atoms with E-state index >= 15 is 0 Å². The van der Waals surface area contributed by atoms with Gasteiger partial charge in [0, 0.05) is 57.4 Å². The Morgan fingerprint density at radius 3 is 2.54 bits per heavy atom. The summed E-state index contributed by atoms with van der Waals surface area (Å²) in [6, 6.07) is 3.84. The number of likely N-dealkylation sites (N-methyl/N-ethyl adjacent to an activating group) is 1. The third kappa shape index (κ3) is 2.76. The van der Waals surface area contributed by atoms with E-state index in [1.54, 1.807) is 17.1 Å². The first kappa shape index (κ1) is 14.8. The van der Waals surface area contributed by atoms with Crippen LogP contribution in [0.3, 0.4) is 0 Å². The first-order valence-electron chi connectivity index (χ1n) is 7.92. The summed E-state index contributed by atoms with van der Waals surface area (Å²) >= 11 is 0. The van der Waals surface area contributed by atoms with Crippen LogP contribution in [0.1, 0.15) is 0 Å². The number of hydrogen-bond donors (Lipinski definition) is 0. The Labute approximate surface area is 139 Å². The number of nitrogens with zero attached hydrogens (tertiary/aromatic N) is 7. The average molecular weight is 325 g/mol. The molecule has 0 spiro atoms. The highest BCUT2D eigenvalue weighted by Gasteiger charge is 2.22. The Kier molecular flexibility index (Phi) is 3.73. The standard InChI is InChI=1S/C16H19N7O/c1-21-7-9-23(10-8-21)16-18-15(24-20-16)13-11-22(2)19-14(13)12-3-5-17-6-4-12/h3-6,11H,7-10H2,1-2H3. The van der Waals surface area contributed by atoms with Crippen molar-refractivity contribution in [3.8, 4) is 22.7 Å². The molecule has 4 heterocycles. The SMILES string of the molecule is CN1CCN(c2noc(-c3cn(C)nc3-c3ccncc3)n2)CC1. The fraction of sp³-hybridized carbons (Fsp3) is 0.375. The number of hydrogen-bond acceptors (Lipinski definition) is 7. The van der Waals surface area contributed by atoms with Crippen LogP contribution in [-0.2, 0) is 7.05 Å². The van der Waals surface area contributed by atoms with Crippen LogP contribution < -0.4 is 4.90 Å². The van der Waals surface area contributed by atoms with E-state index < -0.39 is 0 Å². The Morgan fingerprint density at radius 2 is 1.79 bits per heavy atom. The molecule has 0 amide bonds. The van der Waals surface area contributed by atoms with Gasteiger partial charge in [0.2, 0.25) is 0 Å². The maximum Gasteiger partial charge on any atom is 0.266 e. The minimum atomic E-state index is 0.490. The quantitative estimate of drug-likeness (QED) is 0.718. The molecule has 1 fully saturated rings. The molecule has 8 heteroatoms. The lowest BCUT2D eigenvalue weighted by Crippen LogP contribution is -2.44. The molecule has 0 unspecified atom stereocenters. The fourth-order valence-electron chi connectivity index (χ4n) is 2.83. The largest absolute Gasteiger partial charge is 0.336 e. The minimum absolute atomic E-state index is 0.490. The number of rotatable bonds is 3. The van der Waals surface area contributed by atoms with Gasteiger partial charge in [-0.25, -0.2) is 0 Å². The van der Waals surface area contributed by atoms with Gasteiger partial charge < -0.3 is 14.3 Å². The summed E-state index contributed by atoms with van der Waals surface area (Å²) in [4.78, 5) is 13.1. The van der Waals surface area contributed by atoms with Crippen molar-refractivity contribution in [2.24, 2.45) is 7.05 Å². The van der Waals surface area contributed by atoms with Crippen molar-refractivity contribution in [2.75, 3.05) is 38.1 Å². The summed E-state index contributed by atoms with van der Waals surface area (Å²) < 4.78 is 7.28. The van der Waals surface area contributed by atoms with Crippen molar-refractivity contribution >= 4 is 5.95 Å². The van der Waals surface area contributed by atoms with E-state index in [-0.39, 0.29) is 0 Å². The fourth-order valence-corrected chi connectivity index (χ4v) is 2.83. The van der Waals surface area contributed by atoms with Crippen LogP contribution in [0, 0.1) is 0 Å². The zero-order valence-corrected chi connectivity index (χ0v) is 13.8. The second kappa shape index (κ2) is 6.04. The number of aromatic nitrogens is 5. The molecule has 3 aromatic heterocycles. The van der Waals surface area contributed by atoms with Crippen LogP contribution in [0.5, 0.6) is 0 Å². The van der Waals surface area contributed by atoms with Gasteiger partial charge in [-0.15, -0.1) is 0 Å². The molecule has 0 bridgehead atoms. The molecule has 0 aromatic carbocycles. The second-order valence-electron chi connectivity index (χ2n) is 5.99. The smallest absolute Gasteiger partial charge is 0.266 e. The molecule has 1 aliphatic heterocycles. The van der Waals surface area contributed by atoms with Crippen LogP contribution >= 0.6 is 0 Å². The Morgan fingerprint density at radius 1 is 1.04 bits per heavy atom. The van der Waals surface area contributed by atoms with Crippen molar-refractivity contribution in [3.05, 3.63) is 30.7 Å². The molecular formula is C16H19N7O. The molecule has 0 N–H and O–H groups in total. The van der Waals surface area contributed by atoms with Gasteiger partial charge in [-0.3, -0.25) is 9.67 Å². The Balaban J connectivity index is 1.66. The van der Waals surface area contributed by atoms with Gasteiger partial charge in [-0.05, 0) is 24.3 Å². The molecule has 4 rings (SSSR count). The molecule has 8 nitrogen and oxygen atoms in total. The molecule has 0 radical (unpaired) electrons. The zero-order chi connectivity index (χ0) is 16.5. The highest BCUT2D eigenvalue weighted by atomic mass is 16.5. The average Bonchev–Trinajstić information content (AvgIpc) is 3.23. The van der Waals surface area contributed by atoms with Crippen LogP contribution in [0.15, 0.2) is 35.2 Å². The van der Waals surface area contributed by atoms with Crippen LogP contribution in [0.4, 0.5) is 5.95 Å². The first-order valence-corrected chi connectivity index (χ1v) is 7.92. The zero-order valence-electron chi connectivity index (χ0n) is 13.8. The maximum absolute atomic E-state index is 5.52. The lowest BCUT2D eigenvalue weighted by molar-refractivity contribution is 0.309. The maximum atomic E-state index is 5.52. The molecule has 0 aliphatic carbocycles. The van der Waals surface area contributed by atoms with Gasteiger partial charge >= 0.3 is 0 Å². The molecule has 1 aliphatic rings. The third-order valence-electron chi connectivity index (χ3n) is 4.21. The number of piperazine rings is 1. The van der Waals surface area contributed by atoms with Gasteiger partial charge in [0.05, 0.1) is 5.56 Å². The Hall–Kier alpha value is -2.74.